The summed E-state index contributed by atoms with van der Waals surface area (Å²) in [5, 5.41) is 0. The summed E-state index contributed by atoms with van der Waals surface area (Å²) in [6.07, 6.45) is -1.03. The number of para-hydroxylation sites is 2. The minimum absolute atomic E-state index is 0.00314. The number of amides is 1. The first-order chi connectivity index (χ1) is 17.2. The summed E-state index contributed by atoms with van der Waals surface area (Å²) in [6, 6.07) is 20.5. The van der Waals surface area contributed by atoms with E-state index in [9.17, 15) is 18.0 Å². The van der Waals surface area contributed by atoms with Gasteiger partial charge < -0.3 is 14.4 Å². The molecule has 0 unspecified atom stereocenters. The Hall–Kier alpha value is -3.21. The van der Waals surface area contributed by atoms with Crippen LogP contribution in [0.1, 0.15) is 11.1 Å². The highest BCUT2D eigenvalue weighted by Crippen LogP contribution is 2.34. The Balaban J connectivity index is 1.68. The molecule has 0 saturated carbocycles. The second kappa shape index (κ2) is 10.8. The Morgan fingerprint density at radius 2 is 1.72 bits per heavy atom. The van der Waals surface area contributed by atoms with Gasteiger partial charge >= 0.3 is 5.97 Å². The molecule has 1 aliphatic heterocycles. The molecule has 0 bridgehead atoms. The van der Waals surface area contributed by atoms with Crippen molar-refractivity contribution in [1.29, 1.82) is 0 Å². The van der Waals surface area contributed by atoms with Crippen molar-refractivity contribution in [2.24, 2.45) is 0 Å². The molecule has 36 heavy (non-hydrogen) atoms. The number of fused-ring (bicyclic) bond motifs is 1. The number of ether oxygens (including phenoxy) is 2. The van der Waals surface area contributed by atoms with E-state index < -0.39 is 34.5 Å². The van der Waals surface area contributed by atoms with Gasteiger partial charge in [-0.3, -0.25) is 4.79 Å². The minimum Gasteiger partial charge on any atom is -0.475 e. The van der Waals surface area contributed by atoms with Gasteiger partial charge in [0.25, 0.3) is 0 Å². The molecule has 0 spiro atoms. The molecule has 0 N–H and O–H groups in total. The summed E-state index contributed by atoms with van der Waals surface area (Å²) in [5.41, 5.74) is 2.23. The van der Waals surface area contributed by atoms with Crippen LogP contribution in [-0.4, -0.2) is 50.9 Å². The number of carbonyl (C=O) groups excluding carboxylic acids is 2. The van der Waals surface area contributed by atoms with Crippen LogP contribution in [0.4, 0.5) is 5.69 Å². The SMILES string of the molecule is COC(=O)[C@H]1CN(C(=O)CN(Cc2ccc(C)cc2)S(=O)(=O)c2ccc(Br)cc2)c2ccccc2O1. The van der Waals surface area contributed by atoms with E-state index in [2.05, 4.69) is 15.9 Å². The van der Waals surface area contributed by atoms with Gasteiger partial charge in [0, 0.05) is 11.0 Å². The zero-order chi connectivity index (χ0) is 25.9. The van der Waals surface area contributed by atoms with Gasteiger partial charge in [0.15, 0.2) is 0 Å². The second-order valence-corrected chi connectivity index (χ2v) is 11.2. The molecular formula is C26H25BrN2O6S. The van der Waals surface area contributed by atoms with E-state index in [0.717, 1.165) is 19.9 Å². The van der Waals surface area contributed by atoms with Gasteiger partial charge in [-0.25, -0.2) is 13.2 Å². The highest BCUT2D eigenvalue weighted by molar-refractivity contribution is 9.10. The topological polar surface area (TPSA) is 93.2 Å². The second-order valence-electron chi connectivity index (χ2n) is 8.31. The van der Waals surface area contributed by atoms with Gasteiger partial charge in [-0.1, -0.05) is 57.9 Å². The monoisotopic (exact) mass is 572 g/mol. The van der Waals surface area contributed by atoms with Gasteiger partial charge in [-0.15, -0.1) is 0 Å². The molecule has 0 saturated heterocycles. The lowest BCUT2D eigenvalue weighted by Gasteiger charge is -2.34. The van der Waals surface area contributed by atoms with Crippen molar-refractivity contribution in [2.45, 2.75) is 24.5 Å². The van der Waals surface area contributed by atoms with Gasteiger partial charge in [0.1, 0.15) is 5.75 Å². The van der Waals surface area contributed by atoms with E-state index in [4.69, 9.17) is 9.47 Å². The number of aryl methyl sites for hydroxylation is 1. The van der Waals surface area contributed by atoms with Crippen LogP contribution in [0, 0.1) is 6.92 Å². The minimum atomic E-state index is -4.03. The van der Waals surface area contributed by atoms with Crippen molar-refractivity contribution in [3.8, 4) is 5.75 Å². The molecule has 0 radical (unpaired) electrons. The number of nitrogens with zero attached hydrogens (tertiary/aromatic N) is 2. The molecule has 1 aliphatic rings. The van der Waals surface area contributed by atoms with Crippen LogP contribution in [-0.2, 0) is 30.9 Å². The maximum Gasteiger partial charge on any atom is 0.348 e. The largest absolute Gasteiger partial charge is 0.475 e. The number of rotatable bonds is 7. The molecule has 0 aliphatic carbocycles. The van der Waals surface area contributed by atoms with Crippen LogP contribution in [0.5, 0.6) is 5.75 Å². The summed E-state index contributed by atoms with van der Waals surface area (Å²) in [7, 11) is -2.79. The van der Waals surface area contributed by atoms with Crippen LogP contribution in [0.2, 0.25) is 0 Å². The molecule has 1 heterocycles. The van der Waals surface area contributed by atoms with Crippen molar-refractivity contribution in [2.75, 3.05) is 25.1 Å². The van der Waals surface area contributed by atoms with Crippen molar-refractivity contribution >= 4 is 43.5 Å². The Bertz CT molecular complexity index is 1360. The number of hydrogen-bond donors (Lipinski definition) is 0. The van der Waals surface area contributed by atoms with Gasteiger partial charge in [0.2, 0.25) is 22.0 Å². The molecule has 0 fully saturated rings. The van der Waals surface area contributed by atoms with Gasteiger partial charge in [-0.05, 0) is 48.9 Å². The lowest BCUT2D eigenvalue weighted by Crippen LogP contribution is -2.50. The van der Waals surface area contributed by atoms with Crippen LogP contribution in [0.3, 0.4) is 0 Å². The van der Waals surface area contributed by atoms with E-state index in [0.29, 0.717) is 11.4 Å². The Labute approximate surface area is 218 Å². The average molecular weight is 573 g/mol. The van der Waals surface area contributed by atoms with Gasteiger partial charge in [0.05, 0.1) is 30.8 Å². The van der Waals surface area contributed by atoms with Crippen LogP contribution < -0.4 is 9.64 Å². The molecule has 8 nitrogen and oxygen atoms in total. The number of sulfonamides is 1. The number of hydrogen-bond acceptors (Lipinski definition) is 6. The zero-order valence-corrected chi connectivity index (χ0v) is 22.2. The number of carbonyl (C=O) groups is 2. The first kappa shape index (κ1) is 25.9. The fourth-order valence-corrected chi connectivity index (χ4v) is 5.48. The van der Waals surface area contributed by atoms with Crippen molar-refractivity contribution in [3.05, 3.63) is 88.4 Å². The summed E-state index contributed by atoms with van der Waals surface area (Å²) >= 11 is 3.32. The smallest absolute Gasteiger partial charge is 0.348 e. The van der Waals surface area contributed by atoms with Crippen molar-refractivity contribution in [1.82, 2.24) is 4.31 Å². The summed E-state index contributed by atoms with van der Waals surface area (Å²) in [5.74, 6) is -0.776. The normalized spacial score (nSPS) is 15.2. The van der Waals surface area contributed by atoms with E-state index in [1.807, 2.05) is 31.2 Å². The van der Waals surface area contributed by atoms with E-state index >= 15 is 0 Å². The van der Waals surface area contributed by atoms with Gasteiger partial charge in [-0.2, -0.15) is 4.31 Å². The number of benzene rings is 3. The van der Waals surface area contributed by atoms with E-state index in [1.54, 1.807) is 36.4 Å². The standard InChI is InChI=1S/C26H25BrN2O6S/c1-18-7-9-19(10-8-18)15-28(36(32,33)21-13-11-20(27)12-14-21)17-25(30)29-16-24(26(31)34-2)35-23-6-4-3-5-22(23)29/h3-14,24H,15-17H2,1-2H3/t24-/m1/s1. The van der Waals surface area contributed by atoms with E-state index in [-0.39, 0.29) is 18.0 Å². The van der Waals surface area contributed by atoms with Crippen LogP contribution in [0.25, 0.3) is 0 Å². The van der Waals surface area contributed by atoms with Crippen molar-refractivity contribution < 1.29 is 27.5 Å². The molecule has 10 heteroatoms. The Morgan fingerprint density at radius 3 is 2.39 bits per heavy atom. The molecule has 0 aromatic heterocycles. The zero-order valence-electron chi connectivity index (χ0n) is 19.8. The summed E-state index contributed by atoms with van der Waals surface area (Å²) in [4.78, 5) is 27.3. The number of methoxy groups -OCH3 is 1. The Morgan fingerprint density at radius 1 is 1.06 bits per heavy atom. The van der Waals surface area contributed by atoms with E-state index in [1.165, 1.54) is 24.1 Å². The lowest BCUT2D eigenvalue weighted by atomic mass is 10.1. The number of halogens is 1. The molecule has 1 atom stereocenters. The lowest BCUT2D eigenvalue weighted by molar-refractivity contribution is -0.148. The molecule has 4 rings (SSSR count). The third-order valence-corrected chi connectivity index (χ3v) is 8.12. The molecule has 3 aromatic carbocycles. The Kier molecular flexibility index (Phi) is 7.77. The average Bonchev–Trinajstić information content (AvgIpc) is 2.88. The molecular weight excluding hydrogens is 548 g/mol. The predicted octanol–water partition coefficient (Wildman–Crippen LogP) is 3.92. The molecule has 3 aromatic rings. The predicted molar refractivity (Wildman–Crippen MR) is 138 cm³/mol. The van der Waals surface area contributed by atoms with Crippen LogP contribution >= 0.6 is 15.9 Å². The third kappa shape index (κ3) is 5.61. The highest BCUT2D eigenvalue weighted by Gasteiger charge is 2.36. The van der Waals surface area contributed by atoms with Crippen molar-refractivity contribution in [3.63, 3.8) is 0 Å². The fourth-order valence-electron chi connectivity index (χ4n) is 3.84. The highest BCUT2D eigenvalue weighted by atomic mass is 79.9. The quantitative estimate of drug-likeness (QED) is 0.398. The maximum atomic E-state index is 13.6. The summed E-state index contributed by atoms with van der Waals surface area (Å²) in [6.45, 7) is 1.40. The molecule has 1 amide bonds. The maximum absolute atomic E-state index is 13.6. The number of esters is 1. The fraction of sp³-hybridized carbons (Fsp3) is 0.231. The van der Waals surface area contributed by atoms with Crippen LogP contribution in [0.15, 0.2) is 82.2 Å². The third-order valence-electron chi connectivity index (χ3n) is 5.78. The summed E-state index contributed by atoms with van der Waals surface area (Å²) < 4.78 is 39.7. The first-order valence-corrected chi connectivity index (χ1v) is 13.4. The first-order valence-electron chi connectivity index (χ1n) is 11.1. The molecule has 188 valence electrons. The number of anilines is 1.